The van der Waals surface area contributed by atoms with Gasteiger partial charge in [-0.15, -0.1) is 0 Å². The third kappa shape index (κ3) is 2.67. The zero-order valence-electron chi connectivity index (χ0n) is 20.8. The van der Waals surface area contributed by atoms with Crippen molar-refractivity contribution in [2.75, 3.05) is 0 Å². The fraction of sp³-hybridized carbons (Fsp3) is 0.419. The van der Waals surface area contributed by atoms with Crippen LogP contribution in [0.2, 0.25) is 0 Å². The SMILES string of the molecule is CC1(C)c2ccccc2-c2ccc(Cc3cc4c(cc3Br)C(C)(C)C(C)(C)C4(C)C)cc21. The van der Waals surface area contributed by atoms with Crippen LogP contribution in [0, 0.1) is 5.41 Å². The van der Waals surface area contributed by atoms with Crippen LogP contribution in [0.15, 0.2) is 59.1 Å². The van der Waals surface area contributed by atoms with E-state index in [1.54, 1.807) is 0 Å². The summed E-state index contributed by atoms with van der Waals surface area (Å²) >= 11 is 3.94. The van der Waals surface area contributed by atoms with Crippen molar-refractivity contribution in [1.29, 1.82) is 0 Å². The number of rotatable bonds is 2. The molecule has 0 saturated carbocycles. The lowest BCUT2D eigenvalue weighted by Crippen LogP contribution is -2.42. The van der Waals surface area contributed by atoms with E-state index < -0.39 is 0 Å². The molecule has 0 bridgehead atoms. The first-order valence-corrected chi connectivity index (χ1v) is 12.7. The quantitative estimate of drug-likeness (QED) is 0.338. The second kappa shape index (κ2) is 6.60. The van der Waals surface area contributed by atoms with Crippen molar-refractivity contribution in [3.05, 3.63) is 92.5 Å². The van der Waals surface area contributed by atoms with E-state index in [0.717, 1.165) is 6.42 Å². The molecule has 0 amide bonds. The van der Waals surface area contributed by atoms with Crippen LogP contribution >= 0.6 is 15.9 Å². The fourth-order valence-electron chi connectivity index (χ4n) is 6.32. The zero-order valence-corrected chi connectivity index (χ0v) is 22.4. The molecule has 166 valence electrons. The number of halogens is 1. The van der Waals surface area contributed by atoms with Gasteiger partial charge in [0.2, 0.25) is 0 Å². The van der Waals surface area contributed by atoms with Gasteiger partial charge in [-0.1, -0.05) is 120 Å². The molecule has 0 aromatic heterocycles. The van der Waals surface area contributed by atoms with E-state index >= 15 is 0 Å². The molecule has 0 fully saturated rings. The molecule has 3 aromatic rings. The van der Waals surface area contributed by atoms with Crippen LogP contribution in [0.3, 0.4) is 0 Å². The van der Waals surface area contributed by atoms with E-state index in [1.807, 2.05) is 0 Å². The minimum atomic E-state index is 0.0488. The summed E-state index contributed by atoms with van der Waals surface area (Å²) in [5.74, 6) is 0. The van der Waals surface area contributed by atoms with E-state index in [0.29, 0.717) is 0 Å². The van der Waals surface area contributed by atoms with Gasteiger partial charge in [-0.25, -0.2) is 0 Å². The van der Waals surface area contributed by atoms with Crippen molar-refractivity contribution in [2.45, 2.75) is 78.1 Å². The van der Waals surface area contributed by atoms with Crippen LogP contribution in [-0.4, -0.2) is 0 Å². The highest BCUT2D eigenvalue weighted by Crippen LogP contribution is 2.62. The van der Waals surface area contributed by atoms with Gasteiger partial charge in [-0.05, 0) is 73.2 Å². The molecule has 32 heavy (non-hydrogen) atoms. The smallest absolute Gasteiger partial charge is 0.0213 e. The van der Waals surface area contributed by atoms with Crippen molar-refractivity contribution in [2.24, 2.45) is 5.41 Å². The summed E-state index contributed by atoms with van der Waals surface area (Å²) in [7, 11) is 0. The van der Waals surface area contributed by atoms with E-state index in [1.165, 1.54) is 49.0 Å². The molecule has 0 spiro atoms. The first-order chi connectivity index (χ1) is 14.8. The number of benzene rings is 3. The van der Waals surface area contributed by atoms with Crippen LogP contribution in [0.4, 0.5) is 0 Å². The molecular formula is C31H35Br. The second-order valence-corrected chi connectivity index (χ2v) is 12.9. The number of fused-ring (bicyclic) bond motifs is 4. The van der Waals surface area contributed by atoms with Crippen molar-refractivity contribution < 1.29 is 0 Å². The van der Waals surface area contributed by atoms with E-state index in [4.69, 9.17) is 0 Å². The molecule has 1 heteroatoms. The zero-order chi connectivity index (χ0) is 23.3. The van der Waals surface area contributed by atoms with Crippen LogP contribution in [-0.2, 0) is 22.7 Å². The highest BCUT2D eigenvalue weighted by atomic mass is 79.9. The van der Waals surface area contributed by atoms with Gasteiger partial charge >= 0.3 is 0 Å². The molecular weight excluding hydrogens is 452 g/mol. The summed E-state index contributed by atoms with van der Waals surface area (Å²) in [5.41, 5.74) is 12.0. The van der Waals surface area contributed by atoms with Crippen molar-refractivity contribution in [3.63, 3.8) is 0 Å². The average Bonchev–Trinajstić information content (AvgIpc) is 3.00. The van der Waals surface area contributed by atoms with Crippen LogP contribution in [0.1, 0.15) is 88.8 Å². The molecule has 0 aliphatic heterocycles. The minimum absolute atomic E-state index is 0.0488. The van der Waals surface area contributed by atoms with Crippen LogP contribution in [0.5, 0.6) is 0 Å². The normalized spacial score (nSPS) is 20.5. The van der Waals surface area contributed by atoms with Gasteiger partial charge < -0.3 is 0 Å². The van der Waals surface area contributed by atoms with Crippen molar-refractivity contribution in [3.8, 4) is 11.1 Å². The summed E-state index contributed by atoms with van der Waals surface area (Å²) < 4.78 is 1.24. The predicted molar refractivity (Wildman–Crippen MR) is 141 cm³/mol. The topological polar surface area (TPSA) is 0 Å². The fourth-order valence-corrected chi connectivity index (χ4v) is 6.81. The largest absolute Gasteiger partial charge is 0.0619 e. The molecule has 5 rings (SSSR count). The monoisotopic (exact) mass is 486 g/mol. The Morgan fingerprint density at radius 2 is 1.22 bits per heavy atom. The summed E-state index contributed by atoms with van der Waals surface area (Å²) in [5, 5.41) is 0. The summed E-state index contributed by atoms with van der Waals surface area (Å²) in [6, 6.07) is 20.9. The highest BCUT2D eigenvalue weighted by Gasteiger charge is 2.56. The molecule has 3 aromatic carbocycles. The number of hydrogen-bond acceptors (Lipinski definition) is 0. The van der Waals surface area contributed by atoms with Crippen molar-refractivity contribution >= 4 is 15.9 Å². The summed E-state index contributed by atoms with van der Waals surface area (Å²) in [6.07, 6.45) is 0.949. The lowest BCUT2D eigenvalue weighted by molar-refractivity contribution is 0.125. The van der Waals surface area contributed by atoms with E-state index in [-0.39, 0.29) is 21.7 Å². The highest BCUT2D eigenvalue weighted by molar-refractivity contribution is 9.10. The average molecular weight is 488 g/mol. The van der Waals surface area contributed by atoms with Crippen molar-refractivity contribution in [1.82, 2.24) is 0 Å². The molecule has 0 N–H and O–H groups in total. The Balaban J connectivity index is 1.57. The third-order valence-electron chi connectivity index (χ3n) is 9.70. The maximum absolute atomic E-state index is 3.94. The molecule has 0 atom stereocenters. The summed E-state index contributed by atoms with van der Waals surface area (Å²) in [4.78, 5) is 0. The Labute approximate surface area is 202 Å². The molecule has 0 nitrogen and oxygen atoms in total. The Bertz CT molecular complexity index is 1250. The lowest BCUT2D eigenvalue weighted by Gasteiger charge is -2.44. The van der Waals surface area contributed by atoms with Crippen LogP contribution in [0.25, 0.3) is 11.1 Å². The Hall–Kier alpha value is -1.86. The molecule has 0 heterocycles. The standard InChI is InChI=1S/C31H35Br/c1-28(2)23-12-10-9-11-21(23)22-14-13-19(16-24(22)28)15-20-17-25-26(18-27(20)32)30(5,6)31(7,8)29(25,3)4/h9-14,16-18H,15H2,1-8H3. The number of hydrogen-bond donors (Lipinski definition) is 0. The second-order valence-electron chi connectivity index (χ2n) is 12.1. The first kappa shape index (κ1) is 22.0. The molecule has 2 aliphatic carbocycles. The Kier molecular flexibility index (Phi) is 4.53. The first-order valence-electron chi connectivity index (χ1n) is 11.9. The molecule has 0 radical (unpaired) electrons. The lowest BCUT2D eigenvalue weighted by atomic mass is 9.59. The van der Waals surface area contributed by atoms with Crippen LogP contribution < -0.4 is 0 Å². The van der Waals surface area contributed by atoms with Gasteiger partial charge in [0, 0.05) is 9.89 Å². The van der Waals surface area contributed by atoms with Gasteiger partial charge in [0.1, 0.15) is 0 Å². The van der Waals surface area contributed by atoms with Gasteiger partial charge in [-0.2, -0.15) is 0 Å². The molecule has 0 unspecified atom stereocenters. The molecule has 2 aliphatic rings. The Morgan fingerprint density at radius 3 is 1.91 bits per heavy atom. The summed E-state index contributed by atoms with van der Waals surface area (Å²) in [6.45, 7) is 19.3. The van der Waals surface area contributed by atoms with E-state index in [2.05, 4.69) is 126 Å². The van der Waals surface area contributed by atoms with Gasteiger partial charge in [0.25, 0.3) is 0 Å². The maximum atomic E-state index is 3.94. The third-order valence-corrected chi connectivity index (χ3v) is 10.4. The van der Waals surface area contributed by atoms with Gasteiger partial charge in [0.15, 0.2) is 0 Å². The van der Waals surface area contributed by atoms with Gasteiger partial charge in [-0.3, -0.25) is 0 Å². The van der Waals surface area contributed by atoms with Gasteiger partial charge in [0.05, 0.1) is 0 Å². The maximum Gasteiger partial charge on any atom is 0.0213 e. The Morgan fingerprint density at radius 1 is 0.625 bits per heavy atom. The minimum Gasteiger partial charge on any atom is -0.0619 e. The molecule has 0 saturated heterocycles. The van der Waals surface area contributed by atoms with E-state index in [9.17, 15) is 0 Å². The predicted octanol–water partition coefficient (Wildman–Crippen LogP) is 8.94.